The Morgan fingerprint density at radius 3 is 2.96 bits per heavy atom. The van der Waals surface area contributed by atoms with E-state index < -0.39 is 5.91 Å². The Balaban J connectivity index is 0.00000156. The van der Waals surface area contributed by atoms with Crippen LogP contribution in [0.1, 0.15) is 21.5 Å². The number of nitrogens with one attached hydrogen (secondary N) is 1. The Bertz CT molecular complexity index is 847. The molecule has 0 fully saturated rings. The number of amides is 1. The highest BCUT2D eigenvalue weighted by Gasteiger charge is 2.27. The number of hydroxylamine groups is 1. The summed E-state index contributed by atoms with van der Waals surface area (Å²) in [4.78, 5) is 22.1. The van der Waals surface area contributed by atoms with Crippen LogP contribution in [-0.4, -0.2) is 21.1 Å². The van der Waals surface area contributed by atoms with Crippen LogP contribution in [0.25, 0.3) is 11.1 Å². The second-order valence-corrected chi connectivity index (χ2v) is 5.08. The van der Waals surface area contributed by atoms with Gasteiger partial charge in [-0.15, -0.1) is 12.4 Å². The number of carbonyl (C=O) groups excluding carboxylic acids is 1. The number of pyridine rings is 1. The van der Waals surface area contributed by atoms with E-state index in [0.717, 1.165) is 11.1 Å². The highest BCUT2D eigenvalue weighted by Crippen LogP contribution is 2.31. The third kappa shape index (κ3) is 2.49. The van der Waals surface area contributed by atoms with E-state index in [1.165, 1.54) is 0 Å². The maximum Gasteiger partial charge on any atom is 0.299 e. The highest BCUT2D eigenvalue weighted by atomic mass is 35.5. The summed E-state index contributed by atoms with van der Waals surface area (Å²) in [5, 5.41) is 8.85. The summed E-state index contributed by atoms with van der Waals surface area (Å²) < 4.78 is 5.73. The van der Waals surface area contributed by atoms with Crippen molar-refractivity contribution in [1.82, 2.24) is 15.4 Å². The third-order valence-corrected chi connectivity index (χ3v) is 3.78. The Morgan fingerprint density at radius 2 is 2.17 bits per heavy atom. The van der Waals surface area contributed by atoms with Crippen molar-refractivity contribution in [3.63, 3.8) is 0 Å². The average molecular weight is 333 g/mol. The van der Waals surface area contributed by atoms with Crippen molar-refractivity contribution >= 4 is 35.4 Å². The number of hydrogen-bond acceptors (Lipinski definition) is 6. The second kappa shape index (κ2) is 5.86. The molecular weight excluding hydrogens is 320 g/mol. The fourth-order valence-electron chi connectivity index (χ4n) is 2.73. The molecule has 7 nitrogen and oxygen atoms in total. The smallest absolute Gasteiger partial charge is 0.299 e. The molecule has 0 unspecified atom stereocenters. The molecule has 3 heterocycles. The molecule has 0 aliphatic carbocycles. The maximum atomic E-state index is 11.7. The predicted octanol–water partition coefficient (Wildman–Crippen LogP) is 2.28. The minimum Gasteiger partial charge on any atom is -0.423 e. The molecule has 0 spiro atoms. The van der Waals surface area contributed by atoms with Gasteiger partial charge >= 0.3 is 0 Å². The molecule has 8 heteroatoms. The predicted molar refractivity (Wildman–Crippen MR) is 84.6 cm³/mol. The highest BCUT2D eigenvalue weighted by molar-refractivity contribution is 5.95. The lowest BCUT2D eigenvalue weighted by Gasteiger charge is -2.11. The molecule has 0 saturated carbocycles. The van der Waals surface area contributed by atoms with Crippen LogP contribution in [0.5, 0.6) is 0 Å². The quantitative estimate of drug-likeness (QED) is 0.552. The average Bonchev–Trinajstić information content (AvgIpc) is 3.16. The summed E-state index contributed by atoms with van der Waals surface area (Å²) >= 11 is 0. The van der Waals surface area contributed by atoms with Crippen LogP contribution >= 0.6 is 12.4 Å². The van der Waals surface area contributed by atoms with Gasteiger partial charge in [0.1, 0.15) is 5.52 Å². The molecule has 23 heavy (non-hydrogen) atoms. The molecule has 0 radical (unpaired) electrons. The SMILES string of the molecule is Cl.O=C(NO)c1cccc2c1CN(c1nc3cnccc3o1)C2. The van der Waals surface area contributed by atoms with Gasteiger partial charge < -0.3 is 9.32 Å². The van der Waals surface area contributed by atoms with E-state index in [9.17, 15) is 4.79 Å². The molecule has 1 aliphatic heterocycles. The van der Waals surface area contributed by atoms with E-state index in [4.69, 9.17) is 9.62 Å². The number of anilines is 1. The van der Waals surface area contributed by atoms with Crippen LogP contribution < -0.4 is 10.4 Å². The summed E-state index contributed by atoms with van der Waals surface area (Å²) in [7, 11) is 0. The molecule has 3 aromatic rings. The lowest BCUT2D eigenvalue weighted by molar-refractivity contribution is 0.0705. The summed E-state index contributed by atoms with van der Waals surface area (Å²) in [5.41, 5.74) is 5.40. The van der Waals surface area contributed by atoms with E-state index in [2.05, 4.69) is 9.97 Å². The zero-order valence-electron chi connectivity index (χ0n) is 11.9. The van der Waals surface area contributed by atoms with Gasteiger partial charge in [-0.2, -0.15) is 4.98 Å². The molecule has 0 bridgehead atoms. The number of benzene rings is 1. The van der Waals surface area contributed by atoms with Crippen LogP contribution in [0.4, 0.5) is 6.01 Å². The monoisotopic (exact) mass is 332 g/mol. The summed E-state index contributed by atoms with van der Waals surface area (Å²) in [5.74, 6) is -0.513. The van der Waals surface area contributed by atoms with E-state index >= 15 is 0 Å². The molecule has 118 valence electrons. The zero-order valence-corrected chi connectivity index (χ0v) is 12.7. The molecule has 2 aromatic heterocycles. The largest absolute Gasteiger partial charge is 0.423 e. The van der Waals surface area contributed by atoms with Crippen molar-refractivity contribution < 1.29 is 14.4 Å². The van der Waals surface area contributed by atoms with Crippen LogP contribution in [0.3, 0.4) is 0 Å². The Kier molecular flexibility index (Phi) is 3.89. The normalized spacial score (nSPS) is 12.8. The van der Waals surface area contributed by atoms with Crippen LogP contribution in [0.15, 0.2) is 41.1 Å². The zero-order chi connectivity index (χ0) is 15.1. The van der Waals surface area contributed by atoms with Gasteiger partial charge in [-0.05, 0) is 17.2 Å². The third-order valence-electron chi connectivity index (χ3n) is 3.78. The molecule has 0 saturated heterocycles. The molecule has 1 aliphatic rings. The first-order valence-electron chi connectivity index (χ1n) is 6.77. The van der Waals surface area contributed by atoms with E-state index in [-0.39, 0.29) is 12.4 Å². The number of nitrogens with zero attached hydrogens (tertiary/aromatic N) is 3. The number of oxazole rings is 1. The van der Waals surface area contributed by atoms with Crippen LogP contribution in [0, 0.1) is 0 Å². The number of carbonyl (C=O) groups is 1. The van der Waals surface area contributed by atoms with E-state index in [1.807, 2.05) is 11.0 Å². The van der Waals surface area contributed by atoms with Gasteiger partial charge in [0.25, 0.3) is 11.9 Å². The Labute approximate surface area is 137 Å². The first-order chi connectivity index (χ1) is 10.8. The van der Waals surface area contributed by atoms with Gasteiger partial charge in [-0.1, -0.05) is 12.1 Å². The van der Waals surface area contributed by atoms with Gasteiger partial charge in [-0.25, -0.2) is 5.48 Å². The van der Waals surface area contributed by atoms with Gasteiger partial charge in [-0.3, -0.25) is 15.0 Å². The lowest BCUT2D eigenvalue weighted by atomic mass is 10.0. The van der Waals surface area contributed by atoms with Crippen molar-refractivity contribution in [3.8, 4) is 0 Å². The Hall–Kier alpha value is -2.64. The van der Waals surface area contributed by atoms with Crippen molar-refractivity contribution in [1.29, 1.82) is 0 Å². The molecule has 1 amide bonds. The van der Waals surface area contributed by atoms with E-state index in [0.29, 0.717) is 35.8 Å². The molecule has 2 N–H and O–H groups in total. The summed E-state index contributed by atoms with van der Waals surface area (Å²) in [6.07, 6.45) is 3.30. The maximum absolute atomic E-state index is 11.7. The lowest BCUT2D eigenvalue weighted by Crippen LogP contribution is -2.21. The molecule has 1 aromatic carbocycles. The number of aromatic nitrogens is 2. The number of fused-ring (bicyclic) bond motifs is 2. The van der Waals surface area contributed by atoms with Crippen molar-refractivity contribution in [2.75, 3.05) is 4.90 Å². The minimum absolute atomic E-state index is 0. The summed E-state index contributed by atoms with van der Waals surface area (Å²) in [6.45, 7) is 1.10. The molecular formula is C15H13ClN4O3. The number of rotatable bonds is 2. The van der Waals surface area contributed by atoms with Crippen molar-refractivity contribution in [3.05, 3.63) is 53.3 Å². The molecule has 0 atom stereocenters. The summed E-state index contributed by atoms with van der Waals surface area (Å²) in [6, 6.07) is 7.69. The molecule has 4 rings (SSSR count). The van der Waals surface area contributed by atoms with Crippen LogP contribution in [0.2, 0.25) is 0 Å². The topological polar surface area (TPSA) is 91.5 Å². The van der Waals surface area contributed by atoms with Crippen LogP contribution in [-0.2, 0) is 13.1 Å². The fourth-order valence-corrected chi connectivity index (χ4v) is 2.73. The standard InChI is InChI=1S/C15H12N4O3.ClH/c20-14(18-21)10-3-1-2-9-7-19(8-11(9)10)15-17-12-6-16-5-4-13(12)22-15;/h1-6,21H,7-8H2,(H,18,20);1H. The van der Waals surface area contributed by atoms with E-state index in [1.54, 1.807) is 36.1 Å². The minimum atomic E-state index is -0.513. The fraction of sp³-hybridized carbons (Fsp3) is 0.133. The Morgan fingerprint density at radius 1 is 1.30 bits per heavy atom. The van der Waals surface area contributed by atoms with Gasteiger partial charge in [0, 0.05) is 30.9 Å². The first-order valence-corrected chi connectivity index (χ1v) is 6.77. The van der Waals surface area contributed by atoms with Crippen molar-refractivity contribution in [2.24, 2.45) is 0 Å². The van der Waals surface area contributed by atoms with Gasteiger partial charge in [0.05, 0.1) is 6.20 Å². The first kappa shape index (κ1) is 15.3. The van der Waals surface area contributed by atoms with Crippen molar-refractivity contribution in [2.45, 2.75) is 13.1 Å². The number of hydrogen-bond donors (Lipinski definition) is 2. The second-order valence-electron chi connectivity index (χ2n) is 5.08. The van der Waals surface area contributed by atoms with Gasteiger partial charge in [0.2, 0.25) is 0 Å². The van der Waals surface area contributed by atoms with Gasteiger partial charge in [0.15, 0.2) is 5.58 Å². The number of halogens is 1.